The number of benzene rings is 3. The van der Waals surface area contributed by atoms with Crippen molar-refractivity contribution in [3.63, 3.8) is 0 Å². The molecule has 0 saturated heterocycles. The van der Waals surface area contributed by atoms with Gasteiger partial charge >= 0.3 is 0 Å². The Balaban J connectivity index is 2.02. The second-order valence-electron chi connectivity index (χ2n) is 8.89. The Morgan fingerprint density at radius 1 is 0.886 bits per heavy atom. The van der Waals surface area contributed by atoms with Crippen LogP contribution in [0.3, 0.4) is 0 Å². The van der Waals surface area contributed by atoms with Crippen molar-refractivity contribution < 1.29 is 9.59 Å². The number of hydrogen-bond donors (Lipinski definition) is 1. The van der Waals surface area contributed by atoms with Crippen LogP contribution >= 0.6 is 23.2 Å². The van der Waals surface area contributed by atoms with Crippen molar-refractivity contribution in [3.05, 3.63) is 105 Å². The van der Waals surface area contributed by atoms with E-state index >= 15 is 0 Å². The fraction of sp³-hybridized carbons (Fsp3) is 0.310. The summed E-state index contributed by atoms with van der Waals surface area (Å²) in [6.45, 7) is 6.70. The van der Waals surface area contributed by atoms with Gasteiger partial charge in [-0.1, -0.05) is 95.8 Å². The van der Waals surface area contributed by atoms with Gasteiger partial charge in [-0.05, 0) is 43.5 Å². The van der Waals surface area contributed by atoms with Crippen LogP contribution < -0.4 is 5.32 Å². The molecule has 0 aliphatic carbocycles. The number of carbonyl (C=O) groups excluding carboxylic acids is 2. The minimum Gasteiger partial charge on any atom is -0.354 e. The molecular weight excluding hydrogens is 479 g/mol. The Hall–Kier alpha value is -2.82. The third-order valence-corrected chi connectivity index (χ3v) is 6.56. The Morgan fingerprint density at radius 2 is 1.51 bits per heavy atom. The minimum atomic E-state index is -0.713. The van der Waals surface area contributed by atoms with Gasteiger partial charge in [0, 0.05) is 35.1 Å². The number of nitrogens with one attached hydrogen (secondary N) is 1. The predicted octanol–water partition coefficient (Wildman–Crippen LogP) is 6.32. The molecule has 3 rings (SSSR count). The number of rotatable bonds is 10. The summed E-state index contributed by atoms with van der Waals surface area (Å²) in [4.78, 5) is 28.9. The lowest BCUT2D eigenvalue weighted by Gasteiger charge is -2.32. The van der Waals surface area contributed by atoms with Crippen LogP contribution in [0.1, 0.15) is 41.2 Å². The summed E-state index contributed by atoms with van der Waals surface area (Å²) in [7, 11) is 0. The number of aryl methyl sites for hydroxylation is 2. The second kappa shape index (κ2) is 12.8. The molecule has 3 aromatic rings. The summed E-state index contributed by atoms with van der Waals surface area (Å²) in [5.41, 5.74) is 4.70. The molecule has 4 nitrogen and oxygen atoms in total. The summed E-state index contributed by atoms with van der Waals surface area (Å²) in [5, 5.41) is 3.92. The average Bonchev–Trinajstić information content (AvgIpc) is 2.81. The van der Waals surface area contributed by atoms with E-state index in [1.807, 2.05) is 63.2 Å². The van der Waals surface area contributed by atoms with Crippen molar-refractivity contribution in [3.8, 4) is 0 Å². The van der Waals surface area contributed by atoms with E-state index in [1.54, 1.807) is 23.1 Å². The topological polar surface area (TPSA) is 49.4 Å². The van der Waals surface area contributed by atoms with E-state index in [0.29, 0.717) is 28.6 Å². The van der Waals surface area contributed by atoms with Crippen LogP contribution in [0.4, 0.5) is 0 Å². The van der Waals surface area contributed by atoms with Crippen molar-refractivity contribution in [1.82, 2.24) is 10.2 Å². The zero-order valence-corrected chi connectivity index (χ0v) is 22.0. The molecule has 0 unspecified atom stereocenters. The molecule has 0 radical (unpaired) electrons. The molecule has 0 heterocycles. The Kier molecular flexibility index (Phi) is 9.76. The maximum Gasteiger partial charge on any atom is 0.243 e. The lowest BCUT2D eigenvalue weighted by molar-refractivity contribution is -0.140. The minimum absolute atomic E-state index is 0.138. The monoisotopic (exact) mass is 510 g/mol. The largest absolute Gasteiger partial charge is 0.354 e. The SMILES string of the molecule is CCCNC(=O)[C@H](Cc1ccccc1)N(Cc1c(Cl)cccc1Cl)C(=O)Cc1cc(C)cc(C)c1. The van der Waals surface area contributed by atoms with E-state index in [2.05, 4.69) is 11.4 Å². The fourth-order valence-electron chi connectivity index (χ4n) is 4.22. The lowest BCUT2D eigenvalue weighted by atomic mass is 10.00. The number of hydrogen-bond acceptors (Lipinski definition) is 2. The molecule has 184 valence electrons. The molecule has 0 fully saturated rings. The van der Waals surface area contributed by atoms with Gasteiger partial charge in [-0.3, -0.25) is 9.59 Å². The third kappa shape index (κ3) is 7.58. The fourth-order valence-corrected chi connectivity index (χ4v) is 4.74. The van der Waals surface area contributed by atoms with Gasteiger partial charge in [-0.25, -0.2) is 0 Å². The summed E-state index contributed by atoms with van der Waals surface area (Å²) < 4.78 is 0. The molecule has 0 aliphatic heterocycles. The summed E-state index contributed by atoms with van der Waals surface area (Å²) >= 11 is 13.0. The van der Waals surface area contributed by atoms with Crippen LogP contribution in [0.15, 0.2) is 66.7 Å². The molecule has 0 saturated carbocycles. The first-order valence-electron chi connectivity index (χ1n) is 11.9. The Labute approximate surface area is 218 Å². The summed E-state index contributed by atoms with van der Waals surface area (Å²) in [6.07, 6.45) is 1.37. The smallest absolute Gasteiger partial charge is 0.243 e. The lowest BCUT2D eigenvalue weighted by Crippen LogP contribution is -2.51. The van der Waals surface area contributed by atoms with Crippen molar-refractivity contribution >= 4 is 35.0 Å². The highest BCUT2D eigenvalue weighted by Gasteiger charge is 2.31. The van der Waals surface area contributed by atoms with E-state index in [4.69, 9.17) is 23.2 Å². The van der Waals surface area contributed by atoms with E-state index < -0.39 is 6.04 Å². The molecule has 0 bridgehead atoms. The first kappa shape index (κ1) is 26.8. The molecule has 0 aromatic heterocycles. The highest BCUT2D eigenvalue weighted by atomic mass is 35.5. The first-order valence-corrected chi connectivity index (χ1v) is 12.6. The molecular formula is C29H32Cl2N2O2. The Bertz CT molecular complexity index is 1120. The van der Waals surface area contributed by atoms with Crippen molar-refractivity contribution in [1.29, 1.82) is 0 Å². The molecule has 1 atom stereocenters. The van der Waals surface area contributed by atoms with Crippen LogP contribution in [-0.4, -0.2) is 29.3 Å². The van der Waals surface area contributed by atoms with Crippen molar-refractivity contribution in [2.45, 2.75) is 52.6 Å². The predicted molar refractivity (Wildman–Crippen MR) is 144 cm³/mol. The van der Waals surface area contributed by atoms with Gasteiger partial charge < -0.3 is 10.2 Å². The highest BCUT2D eigenvalue weighted by Crippen LogP contribution is 2.27. The van der Waals surface area contributed by atoms with E-state index in [1.165, 1.54) is 0 Å². The Morgan fingerprint density at radius 3 is 2.11 bits per heavy atom. The molecule has 0 aliphatic rings. The summed E-state index contributed by atoms with van der Waals surface area (Å²) in [6, 6.07) is 20.4. The number of carbonyl (C=O) groups is 2. The van der Waals surface area contributed by atoms with Gasteiger partial charge in [-0.2, -0.15) is 0 Å². The second-order valence-corrected chi connectivity index (χ2v) is 9.71. The maximum absolute atomic E-state index is 13.8. The van der Waals surface area contributed by atoms with Gasteiger partial charge in [0.25, 0.3) is 0 Å². The molecule has 6 heteroatoms. The van der Waals surface area contributed by atoms with Gasteiger partial charge in [0.15, 0.2) is 0 Å². The standard InChI is InChI=1S/C29H32Cl2N2O2/c1-4-13-32-29(35)27(17-22-9-6-5-7-10-22)33(19-24-25(30)11-8-12-26(24)31)28(34)18-23-15-20(2)14-21(3)16-23/h5-12,14-16,27H,4,13,17-19H2,1-3H3,(H,32,35)/t27-/m0/s1. The molecule has 2 amide bonds. The molecule has 35 heavy (non-hydrogen) atoms. The summed E-state index contributed by atoms with van der Waals surface area (Å²) in [5.74, 6) is -0.341. The van der Waals surface area contributed by atoms with E-state index in [-0.39, 0.29) is 24.8 Å². The van der Waals surface area contributed by atoms with Crippen LogP contribution in [-0.2, 0) is 29.0 Å². The van der Waals surface area contributed by atoms with Crippen molar-refractivity contribution in [2.75, 3.05) is 6.54 Å². The van der Waals surface area contributed by atoms with Crippen molar-refractivity contribution in [2.24, 2.45) is 0 Å². The van der Waals surface area contributed by atoms with Gasteiger partial charge in [-0.15, -0.1) is 0 Å². The van der Waals surface area contributed by atoms with Gasteiger partial charge in [0.05, 0.1) is 6.42 Å². The van der Waals surface area contributed by atoms with Crippen LogP contribution in [0.5, 0.6) is 0 Å². The zero-order chi connectivity index (χ0) is 25.4. The number of nitrogens with zero attached hydrogens (tertiary/aromatic N) is 1. The molecule has 3 aromatic carbocycles. The number of halogens is 2. The quantitative estimate of drug-likeness (QED) is 0.346. The van der Waals surface area contributed by atoms with Crippen LogP contribution in [0, 0.1) is 13.8 Å². The van der Waals surface area contributed by atoms with E-state index in [0.717, 1.165) is 28.7 Å². The molecule has 1 N–H and O–H groups in total. The first-order chi connectivity index (χ1) is 16.8. The van der Waals surface area contributed by atoms with Crippen LogP contribution in [0.25, 0.3) is 0 Å². The average molecular weight is 511 g/mol. The van der Waals surface area contributed by atoms with Gasteiger partial charge in [0.1, 0.15) is 6.04 Å². The number of amides is 2. The highest BCUT2D eigenvalue weighted by molar-refractivity contribution is 6.36. The van der Waals surface area contributed by atoms with E-state index in [9.17, 15) is 9.59 Å². The normalized spacial score (nSPS) is 11.7. The maximum atomic E-state index is 13.8. The zero-order valence-electron chi connectivity index (χ0n) is 20.5. The third-order valence-electron chi connectivity index (χ3n) is 5.85. The molecule has 0 spiro atoms. The van der Waals surface area contributed by atoms with Crippen LogP contribution in [0.2, 0.25) is 10.0 Å². The van der Waals surface area contributed by atoms with Gasteiger partial charge in [0.2, 0.25) is 11.8 Å².